The van der Waals surface area contributed by atoms with Crippen molar-refractivity contribution in [1.82, 2.24) is 9.88 Å². The normalized spacial score (nSPS) is 14.9. The molecule has 4 rings (SSSR count). The van der Waals surface area contributed by atoms with Crippen LogP contribution in [0.5, 0.6) is 0 Å². The quantitative estimate of drug-likeness (QED) is 0.779. The summed E-state index contributed by atoms with van der Waals surface area (Å²) >= 11 is 0. The number of benzene rings is 2. The molecule has 3 aromatic rings. The number of rotatable bonds is 2. The summed E-state index contributed by atoms with van der Waals surface area (Å²) in [5.74, 6) is -0.354. The van der Waals surface area contributed by atoms with Crippen molar-refractivity contribution in [3.05, 3.63) is 64.1 Å². The number of carbonyl (C=O) groups excluding carboxylic acids is 1. The van der Waals surface area contributed by atoms with Gasteiger partial charge in [-0.3, -0.25) is 9.78 Å². The summed E-state index contributed by atoms with van der Waals surface area (Å²) in [5.41, 5.74) is 4.05. The summed E-state index contributed by atoms with van der Waals surface area (Å²) in [5, 5.41) is 0. The zero-order valence-corrected chi connectivity index (χ0v) is 14.0. The molecule has 6 nitrogen and oxygen atoms in total. The number of nitrogens with zero attached hydrogens (tertiary/aromatic N) is 2. The molecule has 6 heteroatoms. The van der Waals surface area contributed by atoms with Crippen LogP contribution in [0.15, 0.2) is 51.7 Å². The van der Waals surface area contributed by atoms with E-state index in [9.17, 15) is 9.59 Å². The van der Waals surface area contributed by atoms with Crippen LogP contribution >= 0.6 is 0 Å². The minimum Gasteiger partial charge on any atom is -0.408 e. The molecule has 0 saturated carbocycles. The summed E-state index contributed by atoms with van der Waals surface area (Å²) in [6.07, 6.45) is 0. The van der Waals surface area contributed by atoms with Gasteiger partial charge >= 0.3 is 5.76 Å². The van der Waals surface area contributed by atoms with Crippen molar-refractivity contribution in [1.29, 1.82) is 0 Å². The minimum atomic E-state index is -0.444. The van der Waals surface area contributed by atoms with Gasteiger partial charge in [-0.2, -0.15) is 0 Å². The Kier molecular flexibility index (Phi) is 3.80. The molecule has 1 N–H and O–H groups in total. The van der Waals surface area contributed by atoms with Crippen molar-refractivity contribution in [2.45, 2.75) is 6.92 Å². The maximum atomic E-state index is 12.7. The van der Waals surface area contributed by atoms with E-state index in [4.69, 9.17) is 4.42 Å². The lowest BCUT2D eigenvalue weighted by molar-refractivity contribution is 0.0746. The number of nitrogens with one attached hydrogen (secondary N) is 1. The van der Waals surface area contributed by atoms with Gasteiger partial charge in [-0.25, -0.2) is 4.79 Å². The summed E-state index contributed by atoms with van der Waals surface area (Å²) in [4.78, 5) is 30.8. The van der Waals surface area contributed by atoms with Crippen LogP contribution in [0.25, 0.3) is 11.1 Å². The number of aromatic nitrogens is 1. The smallest absolute Gasteiger partial charge is 0.408 e. The minimum absolute atomic E-state index is 0.0902. The molecule has 0 spiro atoms. The van der Waals surface area contributed by atoms with Crippen LogP contribution < -0.4 is 10.7 Å². The van der Waals surface area contributed by atoms with Crippen molar-refractivity contribution in [3.8, 4) is 0 Å². The Morgan fingerprint density at radius 1 is 1.08 bits per heavy atom. The van der Waals surface area contributed by atoms with Gasteiger partial charge in [-0.05, 0) is 36.8 Å². The number of hydrogen-bond donors (Lipinski definition) is 1. The highest BCUT2D eigenvalue weighted by Crippen LogP contribution is 2.22. The van der Waals surface area contributed by atoms with Gasteiger partial charge in [-0.15, -0.1) is 0 Å². The number of amides is 1. The largest absolute Gasteiger partial charge is 0.417 e. The van der Waals surface area contributed by atoms with E-state index >= 15 is 0 Å². The lowest BCUT2D eigenvalue weighted by Gasteiger charge is -2.36. The number of fused-ring (bicyclic) bond motifs is 1. The number of hydrogen-bond acceptors (Lipinski definition) is 4. The highest BCUT2D eigenvalue weighted by Gasteiger charge is 2.23. The number of oxazole rings is 1. The van der Waals surface area contributed by atoms with Crippen LogP contribution in [0, 0.1) is 6.92 Å². The number of anilines is 1. The first-order valence-electron chi connectivity index (χ1n) is 8.34. The lowest BCUT2D eigenvalue weighted by Crippen LogP contribution is -2.48. The number of carbonyl (C=O) groups is 1. The summed E-state index contributed by atoms with van der Waals surface area (Å²) in [7, 11) is 0. The van der Waals surface area contributed by atoms with Gasteiger partial charge in [0.1, 0.15) is 0 Å². The second kappa shape index (κ2) is 6.12. The molecule has 1 aliphatic rings. The van der Waals surface area contributed by atoms with E-state index in [1.807, 2.05) is 48.2 Å². The van der Waals surface area contributed by atoms with E-state index < -0.39 is 5.76 Å². The molecule has 1 aromatic heterocycles. The van der Waals surface area contributed by atoms with Crippen LogP contribution in [-0.4, -0.2) is 42.0 Å². The van der Waals surface area contributed by atoms with E-state index in [-0.39, 0.29) is 5.91 Å². The molecule has 25 heavy (non-hydrogen) atoms. The first-order chi connectivity index (χ1) is 12.1. The molecule has 0 atom stereocenters. The van der Waals surface area contributed by atoms with Gasteiger partial charge in [0.05, 0.1) is 5.52 Å². The van der Waals surface area contributed by atoms with E-state index in [1.165, 1.54) is 0 Å². The van der Waals surface area contributed by atoms with Crippen LogP contribution in [-0.2, 0) is 0 Å². The average molecular weight is 337 g/mol. The Morgan fingerprint density at radius 2 is 1.84 bits per heavy atom. The van der Waals surface area contributed by atoms with E-state index in [1.54, 1.807) is 6.07 Å². The third-order valence-corrected chi connectivity index (χ3v) is 4.71. The van der Waals surface area contributed by atoms with Crippen molar-refractivity contribution in [2.75, 3.05) is 31.1 Å². The van der Waals surface area contributed by atoms with Crippen LogP contribution in [0.4, 0.5) is 5.69 Å². The molecule has 1 saturated heterocycles. The Balaban J connectivity index is 1.48. The maximum absolute atomic E-state index is 12.7. The van der Waals surface area contributed by atoms with Crippen molar-refractivity contribution in [2.24, 2.45) is 0 Å². The SMILES string of the molecule is Cc1ccccc1C(=O)N1CCN(c2ccc3oc(=O)[nH]c3c2)CC1. The number of aryl methyl sites for hydroxylation is 1. The molecular formula is C19H19N3O3. The number of piperazine rings is 1. The fourth-order valence-electron chi connectivity index (χ4n) is 3.29. The van der Waals surface area contributed by atoms with Gasteiger partial charge in [0.15, 0.2) is 5.58 Å². The molecule has 128 valence electrons. The van der Waals surface area contributed by atoms with Crippen LogP contribution in [0.2, 0.25) is 0 Å². The summed E-state index contributed by atoms with van der Waals surface area (Å²) in [6.45, 7) is 4.82. The number of aromatic amines is 1. The van der Waals surface area contributed by atoms with E-state index in [2.05, 4.69) is 9.88 Å². The second-order valence-corrected chi connectivity index (χ2v) is 6.29. The summed E-state index contributed by atoms with van der Waals surface area (Å²) in [6, 6.07) is 13.3. The predicted molar refractivity (Wildman–Crippen MR) is 96.1 cm³/mol. The highest BCUT2D eigenvalue weighted by atomic mass is 16.4. The van der Waals surface area contributed by atoms with E-state index in [0.717, 1.165) is 29.9 Å². The lowest BCUT2D eigenvalue weighted by atomic mass is 10.1. The number of H-pyrrole nitrogens is 1. The molecule has 2 aromatic carbocycles. The third-order valence-electron chi connectivity index (χ3n) is 4.71. The van der Waals surface area contributed by atoms with Gasteiger partial charge in [0.2, 0.25) is 0 Å². The Labute approximate surface area is 144 Å². The van der Waals surface area contributed by atoms with Gasteiger partial charge < -0.3 is 14.2 Å². The van der Waals surface area contributed by atoms with Crippen LogP contribution in [0.1, 0.15) is 15.9 Å². The molecule has 1 fully saturated rings. The first-order valence-corrected chi connectivity index (χ1v) is 8.34. The van der Waals surface area contributed by atoms with Crippen LogP contribution in [0.3, 0.4) is 0 Å². The maximum Gasteiger partial charge on any atom is 0.417 e. The Bertz CT molecular complexity index is 981. The van der Waals surface area contributed by atoms with Crippen molar-refractivity contribution in [3.63, 3.8) is 0 Å². The zero-order chi connectivity index (χ0) is 17.4. The third kappa shape index (κ3) is 2.91. The Hall–Kier alpha value is -3.02. The molecule has 0 unspecified atom stereocenters. The zero-order valence-electron chi connectivity index (χ0n) is 14.0. The van der Waals surface area contributed by atoms with Crippen molar-refractivity contribution >= 4 is 22.7 Å². The summed E-state index contributed by atoms with van der Waals surface area (Å²) < 4.78 is 5.04. The molecular weight excluding hydrogens is 318 g/mol. The van der Waals surface area contributed by atoms with E-state index in [0.29, 0.717) is 24.2 Å². The highest BCUT2D eigenvalue weighted by molar-refractivity contribution is 5.95. The molecule has 0 radical (unpaired) electrons. The average Bonchev–Trinajstić information content (AvgIpc) is 3.01. The fourth-order valence-corrected chi connectivity index (χ4v) is 3.29. The van der Waals surface area contributed by atoms with Crippen molar-refractivity contribution < 1.29 is 9.21 Å². The molecule has 0 aliphatic carbocycles. The standard InChI is InChI=1S/C19H19N3O3/c1-13-4-2-3-5-15(13)18(23)22-10-8-21(9-11-22)14-6-7-17-16(12-14)20-19(24)25-17/h2-7,12H,8-11H2,1H3,(H,20,24). The Morgan fingerprint density at radius 3 is 2.60 bits per heavy atom. The second-order valence-electron chi connectivity index (χ2n) is 6.29. The van der Waals surface area contributed by atoms with Gasteiger partial charge in [-0.1, -0.05) is 18.2 Å². The monoisotopic (exact) mass is 337 g/mol. The molecule has 1 aliphatic heterocycles. The van der Waals surface area contributed by atoms with Gasteiger partial charge in [0, 0.05) is 37.4 Å². The molecule has 2 heterocycles. The van der Waals surface area contributed by atoms with Gasteiger partial charge in [0.25, 0.3) is 5.91 Å². The molecule has 0 bridgehead atoms. The predicted octanol–water partition coefficient (Wildman–Crippen LogP) is 2.39. The molecule has 1 amide bonds. The first kappa shape index (κ1) is 15.5. The topological polar surface area (TPSA) is 69.6 Å². The fraction of sp³-hybridized carbons (Fsp3) is 0.263.